The molecule has 1 unspecified atom stereocenters. The summed E-state index contributed by atoms with van der Waals surface area (Å²) in [5.74, 6) is -0.426. The van der Waals surface area contributed by atoms with E-state index >= 15 is 0 Å². The van der Waals surface area contributed by atoms with Crippen LogP contribution in [0.15, 0.2) is 18.2 Å². The molecule has 4 heteroatoms. The number of unbranched alkanes of at least 4 members (excludes halogenated alkanes) is 1. The lowest BCUT2D eigenvalue weighted by atomic mass is 10.1. The fourth-order valence-corrected chi connectivity index (χ4v) is 1.86. The van der Waals surface area contributed by atoms with Gasteiger partial charge in [0.1, 0.15) is 11.9 Å². The van der Waals surface area contributed by atoms with Crippen LogP contribution in [-0.4, -0.2) is 12.5 Å². The highest BCUT2D eigenvalue weighted by Crippen LogP contribution is 2.30. The van der Waals surface area contributed by atoms with Gasteiger partial charge in [-0.15, -0.1) is 0 Å². The zero-order chi connectivity index (χ0) is 11.5. The van der Waals surface area contributed by atoms with Crippen molar-refractivity contribution in [1.29, 1.82) is 0 Å². The minimum absolute atomic E-state index is 0.100. The van der Waals surface area contributed by atoms with Crippen LogP contribution >= 0.6 is 0 Å². The van der Waals surface area contributed by atoms with Gasteiger partial charge in [-0.3, -0.25) is 4.79 Å². The Labute approximate surface area is 94.0 Å². The molecule has 3 nitrogen and oxygen atoms in total. The summed E-state index contributed by atoms with van der Waals surface area (Å²) in [5, 5.41) is 5.85. The number of hydrogen-bond donors (Lipinski definition) is 2. The van der Waals surface area contributed by atoms with E-state index in [2.05, 4.69) is 17.6 Å². The van der Waals surface area contributed by atoms with Gasteiger partial charge in [-0.25, -0.2) is 4.39 Å². The van der Waals surface area contributed by atoms with E-state index in [1.165, 1.54) is 12.1 Å². The van der Waals surface area contributed by atoms with E-state index in [1.807, 2.05) is 0 Å². The van der Waals surface area contributed by atoms with E-state index < -0.39 is 0 Å². The van der Waals surface area contributed by atoms with Gasteiger partial charge < -0.3 is 10.6 Å². The summed E-state index contributed by atoms with van der Waals surface area (Å²) in [6, 6.07) is 4.07. The van der Waals surface area contributed by atoms with Crippen molar-refractivity contribution in [3.8, 4) is 0 Å². The van der Waals surface area contributed by atoms with E-state index in [9.17, 15) is 9.18 Å². The maximum Gasteiger partial charge on any atom is 0.246 e. The van der Waals surface area contributed by atoms with E-state index in [4.69, 9.17) is 0 Å². The summed E-state index contributed by atoms with van der Waals surface area (Å²) in [6.45, 7) is 2.89. The minimum atomic E-state index is -0.331. The number of fused-ring (bicyclic) bond motifs is 1. The number of carbonyl (C=O) groups is 1. The van der Waals surface area contributed by atoms with E-state index in [1.54, 1.807) is 6.07 Å². The van der Waals surface area contributed by atoms with Gasteiger partial charge in [0.2, 0.25) is 5.91 Å². The Balaban J connectivity index is 2.13. The van der Waals surface area contributed by atoms with Crippen molar-refractivity contribution in [2.75, 3.05) is 11.9 Å². The molecular weight excluding hydrogens is 207 g/mol. The first-order valence-electron chi connectivity index (χ1n) is 5.56. The van der Waals surface area contributed by atoms with Crippen molar-refractivity contribution < 1.29 is 9.18 Å². The average Bonchev–Trinajstić information content (AvgIpc) is 2.55. The lowest BCUT2D eigenvalue weighted by Gasteiger charge is -2.10. The predicted molar refractivity (Wildman–Crippen MR) is 60.7 cm³/mol. The Kier molecular flexibility index (Phi) is 3.19. The largest absolute Gasteiger partial charge is 0.324 e. The van der Waals surface area contributed by atoms with Crippen LogP contribution in [0.3, 0.4) is 0 Å². The molecular formula is C12H15FN2O. The molecule has 1 heterocycles. The lowest BCUT2D eigenvalue weighted by Crippen LogP contribution is -2.28. The van der Waals surface area contributed by atoms with Crippen molar-refractivity contribution in [3.05, 3.63) is 29.6 Å². The van der Waals surface area contributed by atoms with Gasteiger partial charge in [0, 0.05) is 11.3 Å². The molecule has 1 atom stereocenters. The number of carbonyl (C=O) groups excluding carboxylic acids is 1. The fourth-order valence-electron chi connectivity index (χ4n) is 1.86. The van der Waals surface area contributed by atoms with Crippen molar-refractivity contribution in [3.63, 3.8) is 0 Å². The normalized spacial score (nSPS) is 18.4. The number of halogens is 1. The van der Waals surface area contributed by atoms with Gasteiger partial charge in [-0.05, 0) is 25.1 Å². The number of rotatable bonds is 4. The molecule has 1 amide bonds. The van der Waals surface area contributed by atoms with Crippen molar-refractivity contribution in [1.82, 2.24) is 5.32 Å². The van der Waals surface area contributed by atoms with Gasteiger partial charge in [0.25, 0.3) is 0 Å². The highest BCUT2D eigenvalue weighted by Gasteiger charge is 2.29. The minimum Gasteiger partial charge on any atom is -0.324 e. The number of hydrogen-bond acceptors (Lipinski definition) is 2. The average molecular weight is 222 g/mol. The van der Waals surface area contributed by atoms with Gasteiger partial charge in [0.15, 0.2) is 0 Å². The summed E-state index contributed by atoms with van der Waals surface area (Å²) in [7, 11) is 0. The second kappa shape index (κ2) is 4.61. The predicted octanol–water partition coefficient (Wildman–Crippen LogP) is 2.21. The van der Waals surface area contributed by atoms with Gasteiger partial charge >= 0.3 is 0 Å². The highest BCUT2D eigenvalue weighted by atomic mass is 19.1. The topological polar surface area (TPSA) is 41.1 Å². The molecule has 86 valence electrons. The maximum atomic E-state index is 13.0. The van der Waals surface area contributed by atoms with Crippen molar-refractivity contribution in [2.24, 2.45) is 0 Å². The van der Waals surface area contributed by atoms with Gasteiger partial charge in [0.05, 0.1) is 0 Å². The van der Waals surface area contributed by atoms with Crippen LogP contribution < -0.4 is 10.6 Å². The molecule has 0 spiro atoms. The number of amides is 1. The molecule has 1 aromatic carbocycles. The Morgan fingerprint density at radius 2 is 2.31 bits per heavy atom. The molecule has 0 fully saturated rings. The fraction of sp³-hybridized carbons (Fsp3) is 0.417. The second-order valence-corrected chi connectivity index (χ2v) is 3.96. The van der Waals surface area contributed by atoms with Crippen molar-refractivity contribution in [2.45, 2.75) is 25.8 Å². The SMILES string of the molecule is CCCCNC1C(=O)Nc2cc(F)ccc21. The van der Waals surface area contributed by atoms with E-state index in [-0.39, 0.29) is 17.8 Å². The first-order chi connectivity index (χ1) is 7.72. The Hall–Kier alpha value is -1.42. The monoisotopic (exact) mass is 222 g/mol. The summed E-state index contributed by atoms with van der Waals surface area (Å²) in [5.41, 5.74) is 1.42. The molecule has 1 aliphatic rings. The van der Waals surface area contributed by atoms with Crippen LogP contribution in [0.5, 0.6) is 0 Å². The van der Waals surface area contributed by atoms with E-state index in [0.29, 0.717) is 5.69 Å². The van der Waals surface area contributed by atoms with Crippen LogP contribution in [0.25, 0.3) is 0 Å². The van der Waals surface area contributed by atoms with Gasteiger partial charge in [-0.1, -0.05) is 19.4 Å². The number of nitrogens with one attached hydrogen (secondary N) is 2. The summed E-state index contributed by atoms with van der Waals surface area (Å²) >= 11 is 0. The van der Waals surface area contributed by atoms with E-state index in [0.717, 1.165) is 24.9 Å². The summed E-state index contributed by atoms with van der Waals surface area (Å²) < 4.78 is 13.0. The summed E-state index contributed by atoms with van der Waals surface area (Å²) in [6.07, 6.45) is 2.11. The number of benzene rings is 1. The molecule has 16 heavy (non-hydrogen) atoms. The molecule has 0 aliphatic carbocycles. The second-order valence-electron chi connectivity index (χ2n) is 3.96. The highest BCUT2D eigenvalue weighted by molar-refractivity contribution is 6.02. The van der Waals surface area contributed by atoms with Crippen LogP contribution in [0.2, 0.25) is 0 Å². The first-order valence-corrected chi connectivity index (χ1v) is 5.56. The Morgan fingerprint density at radius 1 is 1.50 bits per heavy atom. The van der Waals surface area contributed by atoms with Crippen LogP contribution in [-0.2, 0) is 4.79 Å². The third kappa shape index (κ3) is 2.07. The molecule has 2 rings (SSSR count). The van der Waals surface area contributed by atoms with Crippen molar-refractivity contribution >= 4 is 11.6 Å². The smallest absolute Gasteiger partial charge is 0.246 e. The maximum absolute atomic E-state index is 13.0. The summed E-state index contributed by atoms with van der Waals surface area (Å²) in [4.78, 5) is 11.6. The molecule has 0 saturated carbocycles. The zero-order valence-corrected chi connectivity index (χ0v) is 9.22. The molecule has 0 saturated heterocycles. The van der Waals surface area contributed by atoms with Gasteiger partial charge in [-0.2, -0.15) is 0 Å². The third-order valence-corrected chi connectivity index (χ3v) is 2.73. The quantitative estimate of drug-likeness (QED) is 0.767. The molecule has 1 aliphatic heterocycles. The Bertz CT molecular complexity index is 406. The third-order valence-electron chi connectivity index (χ3n) is 2.73. The molecule has 0 radical (unpaired) electrons. The molecule has 1 aromatic rings. The van der Waals surface area contributed by atoms with Crippen LogP contribution in [0.1, 0.15) is 31.4 Å². The standard InChI is InChI=1S/C12H15FN2O/c1-2-3-6-14-11-9-5-4-8(13)7-10(9)15-12(11)16/h4-5,7,11,14H,2-3,6H2,1H3,(H,15,16). The first kappa shape index (κ1) is 11.1. The zero-order valence-electron chi connectivity index (χ0n) is 9.22. The Morgan fingerprint density at radius 3 is 3.06 bits per heavy atom. The molecule has 0 bridgehead atoms. The lowest BCUT2D eigenvalue weighted by molar-refractivity contribution is -0.117. The molecule has 0 aromatic heterocycles. The molecule has 2 N–H and O–H groups in total. The van der Waals surface area contributed by atoms with Crippen LogP contribution in [0.4, 0.5) is 10.1 Å². The van der Waals surface area contributed by atoms with Crippen LogP contribution in [0, 0.1) is 5.82 Å². The number of anilines is 1.